The first-order valence-electron chi connectivity index (χ1n) is 8.94. The summed E-state index contributed by atoms with van der Waals surface area (Å²) in [7, 11) is 0. The Labute approximate surface area is 157 Å². The minimum Gasteiger partial charge on any atom is -0.481 e. The molecule has 1 saturated carbocycles. The highest BCUT2D eigenvalue weighted by Gasteiger charge is 2.46. The normalized spacial score (nSPS) is 19.0. The molecule has 1 saturated heterocycles. The van der Waals surface area contributed by atoms with E-state index >= 15 is 0 Å². The van der Waals surface area contributed by atoms with E-state index in [-0.39, 0.29) is 24.7 Å². The molecule has 2 amide bonds. The number of halogens is 1. The minimum absolute atomic E-state index is 0.00815. The summed E-state index contributed by atoms with van der Waals surface area (Å²) in [6.07, 6.45) is 2.32. The Balaban J connectivity index is 1.51. The topological polar surface area (TPSA) is 77.9 Å². The van der Waals surface area contributed by atoms with Gasteiger partial charge in [-0.05, 0) is 24.5 Å². The number of hydrogen-bond acceptors (Lipinski definition) is 3. The minimum atomic E-state index is -0.870. The second kappa shape index (κ2) is 7.66. The van der Waals surface area contributed by atoms with E-state index in [9.17, 15) is 19.5 Å². The quantitative estimate of drug-likeness (QED) is 0.852. The Hall–Kier alpha value is -2.08. The molecule has 1 aliphatic heterocycles. The molecule has 2 aliphatic rings. The first kappa shape index (κ1) is 18.7. The lowest BCUT2D eigenvalue weighted by molar-refractivity contribution is -0.160. The van der Waals surface area contributed by atoms with Gasteiger partial charge in [0, 0.05) is 37.6 Å². The number of carbonyl (C=O) groups excluding carboxylic acids is 2. The van der Waals surface area contributed by atoms with Crippen LogP contribution in [0.5, 0.6) is 0 Å². The monoisotopic (exact) mass is 378 g/mol. The summed E-state index contributed by atoms with van der Waals surface area (Å²) in [5.41, 5.74) is -0.0697. The maximum Gasteiger partial charge on any atom is 0.310 e. The molecule has 3 rings (SSSR count). The highest BCUT2D eigenvalue weighted by Crippen LogP contribution is 2.44. The molecule has 6 nitrogen and oxygen atoms in total. The van der Waals surface area contributed by atoms with E-state index < -0.39 is 11.4 Å². The molecule has 7 heteroatoms. The largest absolute Gasteiger partial charge is 0.481 e. The second-order valence-electron chi connectivity index (χ2n) is 7.15. The molecule has 1 heterocycles. The summed E-state index contributed by atoms with van der Waals surface area (Å²) in [6, 6.07) is 7.28. The molecule has 0 radical (unpaired) electrons. The van der Waals surface area contributed by atoms with E-state index in [0.29, 0.717) is 44.0 Å². The number of piperazine rings is 1. The van der Waals surface area contributed by atoms with E-state index in [1.165, 1.54) is 0 Å². The molecule has 1 aliphatic carbocycles. The molecular weight excluding hydrogens is 356 g/mol. The zero-order valence-corrected chi connectivity index (χ0v) is 15.4. The van der Waals surface area contributed by atoms with E-state index in [4.69, 9.17) is 11.6 Å². The Morgan fingerprint density at radius 1 is 1.00 bits per heavy atom. The van der Waals surface area contributed by atoms with Gasteiger partial charge in [-0.1, -0.05) is 36.2 Å². The molecular formula is C19H23ClN2O4. The molecule has 1 aromatic carbocycles. The second-order valence-corrected chi connectivity index (χ2v) is 7.55. The van der Waals surface area contributed by atoms with Crippen molar-refractivity contribution in [3.8, 4) is 0 Å². The summed E-state index contributed by atoms with van der Waals surface area (Å²) in [5, 5.41) is 9.95. The molecule has 0 spiro atoms. The van der Waals surface area contributed by atoms with Crippen LogP contribution in [-0.4, -0.2) is 58.9 Å². The number of benzene rings is 1. The SMILES string of the molecule is O=C(Cc1ccccc1Cl)N1CCN(C(=O)CC2(C(=O)O)CCC2)CC1. The molecule has 1 N–H and O–H groups in total. The third kappa shape index (κ3) is 3.85. The molecule has 140 valence electrons. The van der Waals surface area contributed by atoms with E-state index in [1.54, 1.807) is 15.9 Å². The third-order valence-corrected chi connectivity index (χ3v) is 5.91. The molecule has 0 atom stereocenters. The van der Waals surface area contributed by atoms with Gasteiger partial charge in [0.25, 0.3) is 0 Å². The van der Waals surface area contributed by atoms with Gasteiger partial charge in [0.15, 0.2) is 0 Å². The molecule has 1 aromatic rings. The molecule has 2 fully saturated rings. The number of aliphatic carboxylic acids is 1. The van der Waals surface area contributed by atoms with Crippen LogP contribution in [0.25, 0.3) is 0 Å². The van der Waals surface area contributed by atoms with Crippen molar-refractivity contribution >= 4 is 29.4 Å². The molecule has 0 unspecified atom stereocenters. The average Bonchev–Trinajstić information content (AvgIpc) is 2.59. The van der Waals surface area contributed by atoms with Crippen molar-refractivity contribution in [2.24, 2.45) is 5.41 Å². The molecule has 26 heavy (non-hydrogen) atoms. The van der Waals surface area contributed by atoms with Gasteiger partial charge in [-0.25, -0.2) is 0 Å². The number of carboxylic acids is 1. The van der Waals surface area contributed by atoms with Crippen LogP contribution in [0.2, 0.25) is 5.02 Å². The van der Waals surface area contributed by atoms with Gasteiger partial charge in [0.05, 0.1) is 11.8 Å². The zero-order valence-electron chi connectivity index (χ0n) is 14.6. The van der Waals surface area contributed by atoms with Crippen LogP contribution < -0.4 is 0 Å². The van der Waals surface area contributed by atoms with E-state index in [2.05, 4.69) is 0 Å². The number of rotatable bonds is 5. The van der Waals surface area contributed by atoms with Gasteiger partial charge in [0.2, 0.25) is 11.8 Å². The van der Waals surface area contributed by atoms with Crippen molar-refractivity contribution in [2.45, 2.75) is 32.1 Å². The predicted octanol–water partition coefficient (Wildman–Crippen LogP) is 2.20. The lowest BCUT2D eigenvalue weighted by Gasteiger charge is -2.40. The lowest BCUT2D eigenvalue weighted by Crippen LogP contribution is -2.52. The van der Waals surface area contributed by atoms with Crippen LogP contribution in [0.4, 0.5) is 0 Å². The fourth-order valence-corrected chi connectivity index (χ4v) is 3.80. The van der Waals surface area contributed by atoms with Crippen LogP contribution in [0.3, 0.4) is 0 Å². The van der Waals surface area contributed by atoms with Crippen molar-refractivity contribution in [3.63, 3.8) is 0 Å². The van der Waals surface area contributed by atoms with Crippen LogP contribution in [0, 0.1) is 5.41 Å². The number of carboxylic acid groups (broad SMARTS) is 1. The number of carbonyl (C=O) groups is 3. The first-order valence-corrected chi connectivity index (χ1v) is 9.31. The summed E-state index contributed by atoms with van der Waals surface area (Å²) in [6.45, 7) is 1.83. The summed E-state index contributed by atoms with van der Waals surface area (Å²) in [5.74, 6) is -0.998. The van der Waals surface area contributed by atoms with Gasteiger partial charge >= 0.3 is 5.97 Å². The van der Waals surface area contributed by atoms with Crippen molar-refractivity contribution in [1.29, 1.82) is 0 Å². The van der Waals surface area contributed by atoms with Crippen molar-refractivity contribution in [3.05, 3.63) is 34.9 Å². The van der Waals surface area contributed by atoms with Gasteiger partial charge in [-0.2, -0.15) is 0 Å². The van der Waals surface area contributed by atoms with Gasteiger partial charge < -0.3 is 14.9 Å². The van der Waals surface area contributed by atoms with Crippen LogP contribution >= 0.6 is 11.6 Å². The standard InChI is InChI=1S/C19H23ClN2O4/c20-15-5-2-1-4-14(15)12-16(23)21-8-10-22(11-9-21)17(24)13-19(18(25)26)6-3-7-19/h1-2,4-5H,3,6-13H2,(H,25,26). The Bertz CT molecular complexity index is 709. The van der Waals surface area contributed by atoms with Gasteiger partial charge in [-0.3, -0.25) is 14.4 Å². The van der Waals surface area contributed by atoms with Crippen molar-refractivity contribution in [2.75, 3.05) is 26.2 Å². The fourth-order valence-electron chi connectivity index (χ4n) is 3.59. The number of nitrogens with zero attached hydrogens (tertiary/aromatic N) is 2. The van der Waals surface area contributed by atoms with Crippen LogP contribution in [-0.2, 0) is 20.8 Å². The Kier molecular flexibility index (Phi) is 5.51. The fraction of sp³-hybridized carbons (Fsp3) is 0.526. The highest BCUT2D eigenvalue weighted by molar-refractivity contribution is 6.31. The van der Waals surface area contributed by atoms with Gasteiger partial charge in [-0.15, -0.1) is 0 Å². The summed E-state index contributed by atoms with van der Waals surface area (Å²) in [4.78, 5) is 39.8. The van der Waals surface area contributed by atoms with E-state index in [0.717, 1.165) is 12.0 Å². The molecule has 0 bridgehead atoms. The summed E-state index contributed by atoms with van der Waals surface area (Å²) < 4.78 is 0. The van der Waals surface area contributed by atoms with Crippen molar-refractivity contribution < 1.29 is 19.5 Å². The smallest absolute Gasteiger partial charge is 0.310 e. The lowest BCUT2D eigenvalue weighted by atomic mass is 9.66. The average molecular weight is 379 g/mol. The first-order chi connectivity index (χ1) is 12.4. The van der Waals surface area contributed by atoms with Gasteiger partial charge in [0.1, 0.15) is 0 Å². The molecule has 0 aromatic heterocycles. The van der Waals surface area contributed by atoms with Crippen LogP contribution in [0.1, 0.15) is 31.2 Å². The zero-order chi connectivity index (χ0) is 18.7. The number of amides is 2. The number of hydrogen-bond donors (Lipinski definition) is 1. The summed E-state index contributed by atoms with van der Waals surface area (Å²) >= 11 is 6.11. The van der Waals surface area contributed by atoms with Crippen molar-refractivity contribution in [1.82, 2.24) is 9.80 Å². The van der Waals surface area contributed by atoms with E-state index in [1.807, 2.05) is 18.2 Å². The Morgan fingerprint density at radius 3 is 2.08 bits per heavy atom. The Morgan fingerprint density at radius 2 is 1.58 bits per heavy atom. The third-order valence-electron chi connectivity index (χ3n) is 5.54. The highest BCUT2D eigenvalue weighted by atomic mass is 35.5. The predicted molar refractivity (Wildman–Crippen MR) is 96.9 cm³/mol. The maximum atomic E-state index is 12.5. The maximum absolute atomic E-state index is 12.5. The van der Waals surface area contributed by atoms with Crippen LogP contribution in [0.15, 0.2) is 24.3 Å².